The largest absolute Gasteiger partial charge is 0.418 e. The number of nitrogens with two attached hydrogens (primary N) is 1. The first-order chi connectivity index (χ1) is 7.98. The first kappa shape index (κ1) is 12.0. The Hall–Kier alpha value is -1.49. The van der Waals surface area contributed by atoms with Crippen LogP contribution in [0.25, 0.3) is 5.57 Å². The highest BCUT2D eigenvalue weighted by atomic mass is 19.4. The molecule has 17 heavy (non-hydrogen) atoms. The van der Waals surface area contributed by atoms with E-state index in [-0.39, 0.29) is 5.69 Å². The summed E-state index contributed by atoms with van der Waals surface area (Å²) in [5, 5.41) is 3.12. The molecule has 0 aromatic heterocycles. The van der Waals surface area contributed by atoms with Gasteiger partial charge in [0.1, 0.15) is 0 Å². The molecule has 1 aromatic rings. The minimum absolute atomic E-state index is 0.226. The van der Waals surface area contributed by atoms with Crippen molar-refractivity contribution in [3.63, 3.8) is 0 Å². The molecule has 0 saturated carbocycles. The molecule has 1 aromatic carbocycles. The molecule has 3 N–H and O–H groups in total. The molecular weight excluding hydrogens is 229 g/mol. The Labute approximate surface area is 97.3 Å². The molecule has 0 saturated heterocycles. The summed E-state index contributed by atoms with van der Waals surface area (Å²) >= 11 is 0. The van der Waals surface area contributed by atoms with Crippen LogP contribution in [-0.4, -0.2) is 13.1 Å². The minimum atomic E-state index is -4.40. The summed E-state index contributed by atoms with van der Waals surface area (Å²) in [7, 11) is 0. The average Bonchev–Trinajstić information content (AvgIpc) is 2.29. The van der Waals surface area contributed by atoms with E-state index >= 15 is 0 Å². The molecule has 0 spiro atoms. The predicted octanol–water partition coefficient (Wildman–Crippen LogP) is 2.66. The number of anilines is 1. The lowest BCUT2D eigenvalue weighted by Crippen LogP contribution is -2.20. The van der Waals surface area contributed by atoms with Gasteiger partial charge in [-0.25, -0.2) is 0 Å². The monoisotopic (exact) mass is 242 g/mol. The van der Waals surface area contributed by atoms with Crippen LogP contribution in [0.2, 0.25) is 0 Å². The van der Waals surface area contributed by atoms with Crippen LogP contribution in [0.15, 0.2) is 24.3 Å². The summed E-state index contributed by atoms with van der Waals surface area (Å²) in [6, 6.07) is 4.09. The number of nitrogen functional groups attached to an aromatic ring is 1. The van der Waals surface area contributed by atoms with Gasteiger partial charge in [0.15, 0.2) is 0 Å². The Kier molecular flexibility index (Phi) is 3.11. The molecule has 2 rings (SSSR count). The van der Waals surface area contributed by atoms with Crippen LogP contribution in [0.1, 0.15) is 17.5 Å². The highest BCUT2D eigenvalue weighted by molar-refractivity contribution is 5.69. The number of rotatable bonds is 1. The van der Waals surface area contributed by atoms with Crippen molar-refractivity contribution in [1.82, 2.24) is 5.32 Å². The Morgan fingerprint density at radius 3 is 2.59 bits per heavy atom. The van der Waals surface area contributed by atoms with Crippen LogP contribution >= 0.6 is 0 Å². The molecule has 1 heterocycles. The van der Waals surface area contributed by atoms with Crippen molar-refractivity contribution in [2.75, 3.05) is 18.8 Å². The second-order valence-corrected chi connectivity index (χ2v) is 3.98. The number of alkyl halides is 3. The zero-order valence-corrected chi connectivity index (χ0v) is 9.14. The SMILES string of the molecule is Nc1ccc(C2=CCNCC2)cc1C(F)(F)F. The van der Waals surface area contributed by atoms with Gasteiger partial charge in [0.25, 0.3) is 0 Å². The first-order valence-corrected chi connectivity index (χ1v) is 5.35. The van der Waals surface area contributed by atoms with Crippen molar-refractivity contribution in [2.24, 2.45) is 0 Å². The van der Waals surface area contributed by atoms with Gasteiger partial charge in [-0.2, -0.15) is 13.2 Å². The fourth-order valence-electron chi connectivity index (χ4n) is 1.89. The number of hydrogen-bond donors (Lipinski definition) is 2. The van der Waals surface area contributed by atoms with Crippen LogP contribution in [0.5, 0.6) is 0 Å². The van der Waals surface area contributed by atoms with Crippen LogP contribution in [-0.2, 0) is 6.18 Å². The third kappa shape index (κ3) is 2.61. The fraction of sp³-hybridized carbons (Fsp3) is 0.333. The van der Waals surface area contributed by atoms with E-state index in [1.54, 1.807) is 6.07 Å². The van der Waals surface area contributed by atoms with Gasteiger partial charge in [0.05, 0.1) is 5.56 Å². The van der Waals surface area contributed by atoms with Gasteiger partial charge in [-0.15, -0.1) is 0 Å². The molecule has 0 bridgehead atoms. The highest BCUT2D eigenvalue weighted by Crippen LogP contribution is 2.35. The van der Waals surface area contributed by atoms with Crippen molar-refractivity contribution < 1.29 is 13.2 Å². The quantitative estimate of drug-likeness (QED) is 0.743. The Morgan fingerprint density at radius 2 is 2.00 bits per heavy atom. The maximum atomic E-state index is 12.7. The van der Waals surface area contributed by atoms with E-state index in [4.69, 9.17) is 5.73 Å². The van der Waals surface area contributed by atoms with Crippen molar-refractivity contribution >= 4 is 11.3 Å². The summed E-state index contributed by atoms with van der Waals surface area (Å²) in [4.78, 5) is 0. The normalized spacial score (nSPS) is 16.8. The van der Waals surface area contributed by atoms with Gasteiger partial charge in [-0.1, -0.05) is 12.1 Å². The lowest BCUT2D eigenvalue weighted by Gasteiger charge is -2.17. The Balaban J connectivity index is 2.40. The van der Waals surface area contributed by atoms with E-state index in [9.17, 15) is 13.2 Å². The molecular formula is C12H13F3N2. The zero-order chi connectivity index (χ0) is 12.5. The van der Waals surface area contributed by atoms with E-state index in [0.29, 0.717) is 12.1 Å². The summed E-state index contributed by atoms with van der Waals surface area (Å²) in [5.41, 5.74) is 5.92. The highest BCUT2D eigenvalue weighted by Gasteiger charge is 2.33. The van der Waals surface area contributed by atoms with Crippen LogP contribution in [0.4, 0.5) is 18.9 Å². The van der Waals surface area contributed by atoms with E-state index in [0.717, 1.165) is 24.6 Å². The van der Waals surface area contributed by atoms with Gasteiger partial charge in [-0.3, -0.25) is 0 Å². The molecule has 0 aliphatic carbocycles. The number of halogens is 3. The van der Waals surface area contributed by atoms with Gasteiger partial charge in [-0.05, 0) is 36.2 Å². The molecule has 0 atom stereocenters. The number of benzene rings is 1. The van der Waals surface area contributed by atoms with Crippen LogP contribution in [0, 0.1) is 0 Å². The molecule has 1 aliphatic rings. The molecule has 1 aliphatic heterocycles. The smallest absolute Gasteiger partial charge is 0.398 e. The topological polar surface area (TPSA) is 38.0 Å². The zero-order valence-electron chi connectivity index (χ0n) is 9.14. The fourth-order valence-corrected chi connectivity index (χ4v) is 1.89. The molecule has 92 valence electrons. The minimum Gasteiger partial charge on any atom is -0.398 e. The average molecular weight is 242 g/mol. The second-order valence-electron chi connectivity index (χ2n) is 3.98. The van der Waals surface area contributed by atoms with Crippen LogP contribution in [0.3, 0.4) is 0 Å². The lowest BCUT2D eigenvalue weighted by molar-refractivity contribution is -0.136. The van der Waals surface area contributed by atoms with E-state index < -0.39 is 11.7 Å². The summed E-state index contributed by atoms with van der Waals surface area (Å²) in [5.74, 6) is 0. The lowest BCUT2D eigenvalue weighted by atomic mass is 9.97. The Bertz CT molecular complexity index is 450. The molecule has 5 heteroatoms. The number of nitrogens with one attached hydrogen (secondary N) is 1. The maximum absolute atomic E-state index is 12.7. The van der Waals surface area contributed by atoms with E-state index in [1.807, 2.05) is 6.08 Å². The van der Waals surface area contributed by atoms with Gasteiger partial charge >= 0.3 is 6.18 Å². The maximum Gasteiger partial charge on any atom is 0.418 e. The summed E-state index contributed by atoms with van der Waals surface area (Å²) in [6.45, 7) is 1.48. The first-order valence-electron chi connectivity index (χ1n) is 5.35. The predicted molar refractivity (Wildman–Crippen MR) is 61.3 cm³/mol. The van der Waals surface area contributed by atoms with Gasteiger partial charge in [0, 0.05) is 12.2 Å². The van der Waals surface area contributed by atoms with Crippen LogP contribution < -0.4 is 11.1 Å². The molecule has 0 unspecified atom stereocenters. The molecule has 0 radical (unpaired) electrons. The van der Waals surface area contributed by atoms with E-state index in [1.165, 1.54) is 6.07 Å². The Morgan fingerprint density at radius 1 is 1.24 bits per heavy atom. The number of hydrogen-bond acceptors (Lipinski definition) is 2. The third-order valence-electron chi connectivity index (χ3n) is 2.79. The van der Waals surface area contributed by atoms with Gasteiger partial charge < -0.3 is 11.1 Å². The van der Waals surface area contributed by atoms with Crippen molar-refractivity contribution in [1.29, 1.82) is 0 Å². The molecule has 2 nitrogen and oxygen atoms in total. The third-order valence-corrected chi connectivity index (χ3v) is 2.79. The van der Waals surface area contributed by atoms with Crippen molar-refractivity contribution in [3.05, 3.63) is 35.4 Å². The standard InChI is InChI=1S/C12H13F3N2/c13-12(14,15)10-7-9(1-2-11(10)16)8-3-5-17-6-4-8/h1-3,7,17H,4-6,16H2. The summed E-state index contributed by atoms with van der Waals surface area (Å²) in [6.07, 6.45) is -1.75. The molecule has 0 amide bonds. The summed E-state index contributed by atoms with van der Waals surface area (Å²) < 4.78 is 38.1. The second kappa shape index (κ2) is 4.41. The van der Waals surface area contributed by atoms with E-state index in [2.05, 4.69) is 5.32 Å². The van der Waals surface area contributed by atoms with Gasteiger partial charge in [0.2, 0.25) is 0 Å². The molecule has 0 fully saturated rings. The van der Waals surface area contributed by atoms with Crippen molar-refractivity contribution in [3.8, 4) is 0 Å². The van der Waals surface area contributed by atoms with Crippen molar-refractivity contribution in [2.45, 2.75) is 12.6 Å².